The molecule has 0 saturated heterocycles. The number of hydrogen-bond donors (Lipinski definition) is 1. The third-order valence-corrected chi connectivity index (χ3v) is 2.97. The van der Waals surface area contributed by atoms with Crippen molar-refractivity contribution in [1.29, 1.82) is 0 Å². The molecule has 1 aliphatic carbocycles. The zero-order valence-electron chi connectivity index (χ0n) is 10.2. The van der Waals surface area contributed by atoms with E-state index in [1.165, 1.54) is 12.1 Å². The van der Waals surface area contributed by atoms with Crippen molar-refractivity contribution in [3.8, 4) is 5.75 Å². The van der Waals surface area contributed by atoms with Crippen LogP contribution in [0.4, 0.5) is 18.9 Å². The summed E-state index contributed by atoms with van der Waals surface area (Å²) in [5.41, 5.74) is 0.0982. The van der Waals surface area contributed by atoms with Gasteiger partial charge in [0.25, 0.3) is 0 Å². The Bertz CT molecular complexity index is 436. The molecule has 1 fully saturated rings. The molecule has 0 spiro atoms. The monoisotopic (exact) mass is 273 g/mol. The minimum atomic E-state index is -4.88. The molecule has 0 atom stereocenters. The van der Waals surface area contributed by atoms with Gasteiger partial charge in [-0.3, -0.25) is 4.79 Å². The topological polar surface area (TPSA) is 38.3 Å². The molecular weight excluding hydrogens is 259 g/mol. The van der Waals surface area contributed by atoms with Crippen LogP contribution in [0.5, 0.6) is 5.75 Å². The molecule has 1 N–H and O–H groups in total. The first-order valence-electron chi connectivity index (χ1n) is 6.10. The third-order valence-electron chi connectivity index (χ3n) is 2.97. The molecule has 0 bridgehead atoms. The highest BCUT2D eigenvalue weighted by atomic mass is 19.4. The van der Waals surface area contributed by atoms with Crippen molar-refractivity contribution in [2.45, 2.75) is 38.0 Å². The zero-order chi connectivity index (χ0) is 13.9. The Hall–Kier alpha value is -1.72. The van der Waals surface area contributed by atoms with Crippen molar-refractivity contribution in [1.82, 2.24) is 0 Å². The summed E-state index contributed by atoms with van der Waals surface area (Å²) in [6.45, 7) is 0. The summed E-state index contributed by atoms with van der Waals surface area (Å²) < 4.78 is 41.8. The first-order valence-corrected chi connectivity index (χ1v) is 6.10. The number of rotatable bonds is 3. The van der Waals surface area contributed by atoms with Crippen LogP contribution < -0.4 is 10.1 Å². The molecule has 1 aliphatic rings. The van der Waals surface area contributed by atoms with E-state index in [4.69, 9.17) is 4.74 Å². The van der Waals surface area contributed by atoms with Gasteiger partial charge in [-0.1, -0.05) is 0 Å². The van der Waals surface area contributed by atoms with Gasteiger partial charge in [0.05, 0.1) is 6.10 Å². The van der Waals surface area contributed by atoms with Crippen molar-refractivity contribution >= 4 is 11.6 Å². The van der Waals surface area contributed by atoms with E-state index in [1.54, 1.807) is 17.4 Å². The predicted molar refractivity (Wildman–Crippen MR) is 64.0 cm³/mol. The summed E-state index contributed by atoms with van der Waals surface area (Å²) in [4.78, 5) is 10.7. The zero-order valence-corrected chi connectivity index (χ0v) is 10.2. The van der Waals surface area contributed by atoms with E-state index in [0.29, 0.717) is 5.75 Å². The lowest BCUT2D eigenvalue weighted by molar-refractivity contribution is -0.167. The summed E-state index contributed by atoms with van der Waals surface area (Å²) in [7, 11) is 0. The number of alkyl halides is 3. The number of anilines is 1. The summed E-state index contributed by atoms with van der Waals surface area (Å²) in [5, 5.41) is 1.78. The summed E-state index contributed by atoms with van der Waals surface area (Å²) in [5.74, 6) is -1.37. The van der Waals surface area contributed by atoms with Gasteiger partial charge in [0.1, 0.15) is 5.75 Å². The molecule has 0 unspecified atom stereocenters. The average molecular weight is 273 g/mol. The molecule has 1 amide bonds. The van der Waals surface area contributed by atoms with Gasteiger partial charge >= 0.3 is 12.1 Å². The number of carbonyl (C=O) groups excluding carboxylic acids is 1. The number of ether oxygens (including phenoxy) is 1. The maximum atomic E-state index is 12.0. The molecule has 3 nitrogen and oxygen atoms in total. The number of nitrogens with one attached hydrogen (secondary N) is 1. The Balaban J connectivity index is 1.92. The fraction of sp³-hybridized carbons (Fsp3) is 0.462. The normalized spacial score (nSPS) is 16.4. The smallest absolute Gasteiger partial charge is 0.471 e. The number of amides is 1. The van der Waals surface area contributed by atoms with Crippen LogP contribution in [0.15, 0.2) is 24.3 Å². The molecule has 0 aliphatic heterocycles. The van der Waals surface area contributed by atoms with E-state index in [0.717, 1.165) is 25.7 Å². The highest BCUT2D eigenvalue weighted by Gasteiger charge is 2.38. The van der Waals surface area contributed by atoms with E-state index in [-0.39, 0.29) is 11.8 Å². The van der Waals surface area contributed by atoms with Gasteiger partial charge in [-0.05, 0) is 49.9 Å². The van der Waals surface area contributed by atoms with E-state index in [2.05, 4.69) is 0 Å². The Kier molecular flexibility index (Phi) is 3.97. The minimum absolute atomic E-state index is 0.0982. The molecule has 0 heterocycles. The molecular formula is C13H14F3NO2. The van der Waals surface area contributed by atoms with Crippen LogP contribution in [0.3, 0.4) is 0 Å². The Labute approximate surface area is 108 Å². The molecule has 104 valence electrons. The Morgan fingerprint density at radius 1 is 1.16 bits per heavy atom. The van der Waals surface area contributed by atoms with Gasteiger partial charge in [0, 0.05) is 5.69 Å². The van der Waals surface area contributed by atoms with Crippen LogP contribution >= 0.6 is 0 Å². The Morgan fingerprint density at radius 2 is 1.74 bits per heavy atom. The fourth-order valence-corrected chi connectivity index (χ4v) is 2.02. The maximum Gasteiger partial charge on any atom is 0.471 e. The van der Waals surface area contributed by atoms with Crippen LogP contribution in [0.2, 0.25) is 0 Å². The first-order chi connectivity index (χ1) is 8.95. The van der Waals surface area contributed by atoms with E-state index >= 15 is 0 Å². The maximum absolute atomic E-state index is 12.0. The van der Waals surface area contributed by atoms with Crippen LogP contribution in [0.1, 0.15) is 25.7 Å². The standard InChI is InChI=1S/C13H14F3NO2/c14-13(15,16)12(18)17-9-5-7-11(8-6-9)19-10-3-1-2-4-10/h5-8,10H,1-4H2,(H,17,18). The van der Waals surface area contributed by atoms with Crippen LogP contribution in [0, 0.1) is 0 Å². The lowest BCUT2D eigenvalue weighted by atomic mass is 10.2. The van der Waals surface area contributed by atoms with E-state index in [9.17, 15) is 18.0 Å². The van der Waals surface area contributed by atoms with Crippen LogP contribution in [-0.2, 0) is 4.79 Å². The summed E-state index contributed by atoms with van der Waals surface area (Å²) >= 11 is 0. The van der Waals surface area contributed by atoms with Crippen molar-refractivity contribution < 1.29 is 22.7 Å². The quantitative estimate of drug-likeness (QED) is 0.915. The molecule has 19 heavy (non-hydrogen) atoms. The highest BCUT2D eigenvalue weighted by Crippen LogP contribution is 2.25. The van der Waals surface area contributed by atoms with Crippen LogP contribution in [-0.4, -0.2) is 18.2 Å². The van der Waals surface area contributed by atoms with E-state index in [1.807, 2.05) is 0 Å². The SMILES string of the molecule is O=C(Nc1ccc(OC2CCCC2)cc1)C(F)(F)F. The molecule has 0 aromatic heterocycles. The van der Waals surface area contributed by atoms with Gasteiger partial charge in [0.2, 0.25) is 0 Å². The molecule has 6 heteroatoms. The second kappa shape index (κ2) is 5.50. The lowest BCUT2D eigenvalue weighted by Gasteiger charge is -2.13. The number of hydrogen-bond acceptors (Lipinski definition) is 2. The number of carbonyl (C=O) groups is 1. The van der Waals surface area contributed by atoms with Crippen molar-refractivity contribution in [3.05, 3.63) is 24.3 Å². The van der Waals surface area contributed by atoms with Gasteiger partial charge < -0.3 is 10.1 Å². The molecule has 2 rings (SSSR count). The molecule has 1 saturated carbocycles. The van der Waals surface area contributed by atoms with Gasteiger partial charge in [-0.15, -0.1) is 0 Å². The number of halogens is 3. The summed E-state index contributed by atoms with van der Waals surface area (Å²) in [6.07, 6.45) is -0.386. The van der Waals surface area contributed by atoms with Crippen molar-refractivity contribution in [3.63, 3.8) is 0 Å². The average Bonchev–Trinajstić information content (AvgIpc) is 2.83. The largest absolute Gasteiger partial charge is 0.490 e. The van der Waals surface area contributed by atoms with E-state index < -0.39 is 12.1 Å². The van der Waals surface area contributed by atoms with Crippen LogP contribution in [0.25, 0.3) is 0 Å². The second-order valence-corrected chi connectivity index (χ2v) is 4.50. The predicted octanol–water partition coefficient (Wildman–Crippen LogP) is 3.51. The van der Waals surface area contributed by atoms with Crippen molar-refractivity contribution in [2.24, 2.45) is 0 Å². The minimum Gasteiger partial charge on any atom is -0.490 e. The van der Waals surface area contributed by atoms with Gasteiger partial charge in [-0.2, -0.15) is 13.2 Å². The fourth-order valence-electron chi connectivity index (χ4n) is 2.02. The Morgan fingerprint density at radius 3 is 2.26 bits per heavy atom. The van der Waals surface area contributed by atoms with Crippen molar-refractivity contribution in [2.75, 3.05) is 5.32 Å². The molecule has 1 aromatic rings. The highest BCUT2D eigenvalue weighted by molar-refractivity contribution is 5.94. The first kappa shape index (κ1) is 13.7. The lowest BCUT2D eigenvalue weighted by Crippen LogP contribution is -2.29. The number of benzene rings is 1. The third kappa shape index (κ3) is 3.87. The molecule has 0 radical (unpaired) electrons. The second-order valence-electron chi connectivity index (χ2n) is 4.50. The van der Waals surface area contributed by atoms with Gasteiger partial charge in [-0.25, -0.2) is 0 Å². The molecule has 1 aromatic carbocycles. The summed E-state index contributed by atoms with van der Waals surface area (Å²) in [6, 6.07) is 5.91. The van der Waals surface area contributed by atoms with Gasteiger partial charge in [0.15, 0.2) is 0 Å².